The number of pyridine rings is 1. The van der Waals surface area contributed by atoms with Gasteiger partial charge >= 0.3 is 0 Å². The van der Waals surface area contributed by atoms with Gasteiger partial charge in [0.2, 0.25) is 0 Å². The van der Waals surface area contributed by atoms with Crippen LogP contribution in [0, 0.1) is 13.8 Å². The van der Waals surface area contributed by atoms with Gasteiger partial charge in [0.25, 0.3) is 0 Å². The molecule has 1 heterocycles. The van der Waals surface area contributed by atoms with Crippen LogP contribution in [0.3, 0.4) is 0 Å². The lowest BCUT2D eigenvalue weighted by atomic mass is 10.1. The third-order valence-electron chi connectivity index (χ3n) is 3.30. The first-order valence-electron chi connectivity index (χ1n) is 7.13. The zero-order chi connectivity index (χ0) is 15.1. The van der Waals surface area contributed by atoms with Crippen LogP contribution in [-0.4, -0.2) is 29.3 Å². The fourth-order valence-corrected chi connectivity index (χ4v) is 1.96. The summed E-state index contributed by atoms with van der Waals surface area (Å²) in [5.74, 6) is 0.782. The lowest BCUT2D eigenvalue weighted by molar-refractivity contribution is 0.106. The Morgan fingerprint density at radius 1 is 1.19 bits per heavy atom. The van der Waals surface area contributed by atoms with E-state index in [9.17, 15) is 5.11 Å². The van der Waals surface area contributed by atoms with Crippen molar-refractivity contribution >= 4 is 0 Å². The van der Waals surface area contributed by atoms with Crippen LogP contribution in [0.5, 0.6) is 5.75 Å². The maximum Gasteiger partial charge on any atom is 0.119 e. The summed E-state index contributed by atoms with van der Waals surface area (Å²) in [6.45, 7) is 5.56. The first-order valence-corrected chi connectivity index (χ1v) is 7.13. The van der Waals surface area contributed by atoms with Crippen molar-refractivity contribution in [3.05, 3.63) is 59.4 Å². The van der Waals surface area contributed by atoms with E-state index in [0.717, 1.165) is 17.9 Å². The first kappa shape index (κ1) is 15.5. The molecule has 1 unspecified atom stereocenters. The van der Waals surface area contributed by atoms with Crippen molar-refractivity contribution in [1.29, 1.82) is 0 Å². The number of nitrogens with zero attached hydrogens (tertiary/aromatic N) is 1. The second kappa shape index (κ2) is 7.76. The van der Waals surface area contributed by atoms with E-state index in [1.807, 2.05) is 50.4 Å². The fourth-order valence-electron chi connectivity index (χ4n) is 1.96. The molecule has 4 nitrogen and oxygen atoms in total. The van der Waals surface area contributed by atoms with Crippen molar-refractivity contribution in [2.75, 3.05) is 13.2 Å². The largest absolute Gasteiger partial charge is 0.491 e. The van der Waals surface area contributed by atoms with Gasteiger partial charge in [0.15, 0.2) is 0 Å². The molecular weight excluding hydrogens is 264 g/mol. The number of hydrogen-bond acceptors (Lipinski definition) is 4. The number of aromatic nitrogens is 1. The number of hydrogen-bond donors (Lipinski definition) is 2. The quantitative estimate of drug-likeness (QED) is 0.819. The highest BCUT2D eigenvalue weighted by molar-refractivity contribution is 5.26. The molecule has 1 aromatic carbocycles. The minimum Gasteiger partial charge on any atom is -0.491 e. The first-order chi connectivity index (χ1) is 10.1. The Bertz CT molecular complexity index is 555. The van der Waals surface area contributed by atoms with Gasteiger partial charge < -0.3 is 15.2 Å². The van der Waals surface area contributed by atoms with Crippen molar-refractivity contribution < 1.29 is 9.84 Å². The van der Waals surface area contributed by atoms with Crippen molar-refractivity contribution in [3.8, 4) is 5.75 Å². The van der Waals surface area contributed by atoms with E-state index in [0.29, 0.717) is 6.54 Å². The van der Waals surface area contributed by atoms with Crippen molar-refractivity contribution in [1.82, 2.24) is 10.3 Å². The number of benzene rings is 1. The topological polar surface area (TPSA) is 54.4 Å². The lowest BCUT2D eigenvalue weighted by Crippen LogP contribution is -2.31. The SMILES string of the molecule is Cc1ccc(OCC(O)CNCc2ccncc2C)cc1. The van der Waals surface area contributed by atoms with Crippen LogP contribution in [0.4, 0.5) is 0 Å². The number of rotatable bonds is 7. The smallest absolute Gasteiger partial charge is 0.119 e. The third kappa shape index (κ3) is 5.17. The molecule has 21 heavy (non-hydrogen) atoms. The van der Waals surface area contributed by atoms with Crippen LogP contribution in [0.15, 0.2) is 42.7 Å². The third-order valence-corrected chi connectivity index (χ3v) is 3.30. The Labute approximate surface area is 125 Å². The highest BCUT2D eigenvalue weighted by atomic mass is 16.5. The molecule has 0 radical (unpaired) electrons. The van der Waals surface area contributed by atoms with Gasteiger partial charge in [0.05, 0.1) is 0 Å². The summed E-state index contributed by atoms with van der Waals surface area (Å²) in [4.78, 5) is 4.06. The van der Waals surface area contributed by atoms with E-state index < -0.39 is 6.10 Å². The molecule has 0 spiro atoms. The Kier molecular flexibility index (Phi) is 5.72. The number of aryl methyl sites for hydroxylation is 2. The molecule has 0 fully saturated rings. The second-order valence-corrected chi connectivity index (χ2v) is 5.21. The van der Waals surface area contributed by atoms with Crippen molar-refractivity contribution in [3.63, 3.8) is 0 Å². The Morgan fingerprint density at radius 3 is 2.67 bits per heavy atom. The zero-order valence-corrected chi connectivity index (χ0v) is 12.5. The van der Waals surface area contributed by atoms with Gasteiger partial charge in [-0.05, 0) is 43.2 Å². The average molecular weight is 286 g/mol. The highest BCUT2D eigenvalue weighted by Gasteiger charge is 2.05. The van der Waals surface area contributed by atoms with Crippen LogP contribution < -0.4 is 10.1 Å². The highest BCUT2D eigenvalue weighted by Crippen LogP contribution is 2.11. The molecule has 1 atom stereocenters. The predicted octanol–water partition coefficient (Wildman–Crippen LogP) is 2.23. The van der Waals surface area contributed by atoms with Crippen molar-refractivity contribution in [2.24, 2.45) is 0 Å². The molecule has 112 valence electrons. The standard InChI is InChI=1S/C17H22N2O2/c1-13-3-5-17(6-4-13)21-12-16(20)11-19-10-15-7-8-18-9-14(15)2/h3-9,16,19-20H,10-12H2,1-2H3. The molecule has 0 aliphatic rings. The van der Waals surface area contributed by atoms with E-state index in [1.165, 1.54) is 11.1 Å². The molecule has 2 rings (SSSR count). The van der Waals surface area contributed by atoms with Gasteiger partial charge in [0, 0.05) is 25.5 Å². The molecule has 0 aliphatic carbocycles. The molecule has 2 aromatic rings. The minimum absolute atomic E-state index is 0.283. The zero-order valence-electron chi connectivity index (χ0n) is 12.5. The fraction of sp³-hybridized carbons (Fsp3) is 0.353. The summed E-state index contributed by atoms with van der Waals surface area (Å²) in [6.07, 6.45) is 3.09. The molecule has 4 heteroatoms. The normalized spacial score (nSPS) is 12.1. The number of ether oxygens (including phenoxy) is 1. The van der Waals surface area contributed by atoms with Crippen LogP contribution in [0.25, 0.3) is 0 Å². The number of aliphatic hydroxyl groups excluding tert-OH is 1. The molecule has 1 aromatic heterocycles. The van der Waals surface area contributed by atoms with E-state index in [1.54, 1.807) is 6.20 Å². The van der Waals surface area contributed by atoms with E-state index >= 15 is 0 Å². The summed E-state index contributed by atoms with van der Waals surface area (Å²) in [6, 6.07) is 9.79. The van der Waals surface area contributed by atoms with Gasteiger partial charge in [-0.15, -0.1) is 0 Å². The summed E-state index contributed by atoms with van der Waals surface area (Å²) in [7, 11) is 0. The van der Waals surface area contributed by atoms with Crippen molar-refractivity contribution in [2.45, 2.75) is 26.5 Å². The summed E-state index contributed by atoms with van der Waals surface area (Å²) in [5, 5.41) is 13.1. The minimum atomic E-state index is -0.534. The number of aliphatic hydroxyl groups is 1. The summed E-state index contributed by atoms with van der Waals surface area (Å²) >= 11 is 0. The summed E-state index contributed by atoms with van der Waals surface area (Å²) < 4.78 is 5.55. The molecule has 0 saturated heterocycles. The van der Waals surface area contributed by atoms with Crippen LogP contribution in [0.2, 0.25) is 0 Å². The maximum atomic E-state index is 9.91. The van der Waals surface area contributed by atoms with Gasteiger partial charge in [-0.2, -0.15) is 0 Å². The molecule has 0 amide bonds. The average Bonchev–Trinajstić information content (AvgIpc) is 2.49. The molecule has 2 N–H and O–H groups in total. The van der Waals surface area contributed by atoms with E-state index in [2.05, 4.69) is 10.3 Å². The van der Waals surface area contributed by atoms with Gasteiger partial charge in [-0.3, -0.25) is 4.98 Å². The van der Waals surface area contributed by atoms with Crippen LogP contribution >= 0.6 is 0 Å². The molecular formula is C17H22N2O2. The predicted molar refractivity (Wildman–Crippen MR) is 83.4 cm³/mol. The molecule has 0 aliphatic heterocycles. The van der Waals surface area contributed by atoms with E-state index in [4.69, 9.17) is 4.74 Å². The number of nitrogens with one attached hydrogen (secondary N) is 1. The van der Waals surface area contributed by atoms with Gasteiger partial charge in [-0.25, -0.2) is 0 Å². The monoisotopic (exact) mass is 286 g/mol. The Morgan fingerprint density at radius 2 is 1.95 bits per heavy atom. The Balaban J connectivity index is 1.69. The molecule has 0 bridgehead atoms. The maximum absolute atomic E-state index is 9.91. The van der Waals surface area contributed by atoms with Crippen LogP contribution in [-0.2, 0) is 6.54 Å². The van der Waals surface area contributed by atoms with Gasteiger partial charge in [0.1, 0.15) is 18.5 Å². The molecule has 0 saturated carbocycles. The van der Waals surface area contributed by atoms with E-state index in [-0.39, 0.29) is 6.61 Å². The second-order valence-electron chi connectivity index (χ2n) is 5.21. The van der Waals surface area contributed by atoms with Crippen LogP contribution in [0.1, 0.15) is 16.7 Å². The summed E-state index contributed by atoms with van der Waals surface area (Å²) in [5.41, 5.74) is 3.53. The Hall–Kier alpha value is -1.91. The lowest BCUT2D eigenvalue weighted by Gasteiger charge is -2.14. The van der Waals surface area contributed by atoms with Gasteiger partial charge in [-0.1, -0.05) is 17.7 Å².